The van der Waals surface area contributed by atoms with Crippen molar-refractivity contribution >= 4 is 11.9 Å². The van der Waals surface area contributed by atoms with Crippen LogP contribution in [0.5, 0.6) is 0 Å². The molecule has 0 fully saturated rings. The minimum absolute atomic E-state index is 0.0768. The first-order valence-electron chi connectivity index (χ1n) is 29.7. The van der Waals surface area contributed by atoms with Crippen LogP contribution in [0.4, 0.5) is 0 Å². The van der Waals surface area contributed by atoms with Crippen molar-refractivity contribution in [3.63, 3.8) is 0 Å². The molecule has 0 aliphatic carbocycles. The van der Waals surface area contributed by atoms with Gasteiger partial charge in [-0.1, -0.05) is 276 Å². The Morgan fingerprint density at radius 1 is 0.433 bits per heavy atom. The zero-order chi connectivity index (χ0) is 48.8. The first-order chi connectivity index (χ1) is 33.0. The minimum Gasteiger partial charge on any atom is -0.462 e. The summed E-state index contributed by atoms with van der Waals surface area (Å²) in [6, 6.07) is -0.702. The molecule has 0 radical (unpaired) electrons. The lowest BCUT2D eigenvalue weighted by Crippen LogP contribution is -2.46. The van der Waals surface area contributed by atoms with Crippen LogP contribution < -0.4 is 5.32 Å². The van der Waals surface area contributed by atoms with Crippen molar-refractivity contribution < 1.29 is 24.5 Å². The molecule has 3 N–H and O–H groups in total. The number of carbonyl (C=O) groups is 2. The third kappa shape index (κ3) is 50.3. The zero-order valence-corrected chi connectivity index (χ0v) is 45.0. The predicted molar refractivity (Wildman–Crippen MR) is 292 cm³/mol. The van der Waals surface area contributed by atoms with Crippen LogP contribution in [0, 0.1) is 0 Å². The summed E-state index contributed by atoms with van der Waals surface area (Å²) in [5, 5.41) is 23.9. The van der Waals surface area contributed by atoms with Crippen molar-refractivity contribution in [1.82, 2.24) is 5.32 Å². The fourth-order valence-corrected chi connectivity index (χ4v) is 9.20. The van der Waals surface area contributed by atoms with Crippen LogP contribution in [0.2, 0.25) is 0 Å². The van der Waals surface area contributed by atoms with Gasteiger partial charge in [-0.2, -0.15) is 0 Å². The summed E-state index contributed by atoms with van der Waals surface area (Å²) in [6.45, 7) is 6.49. The highest BCUT2D eigenvalue weighted by atomic mass is 16.5. The van der Waals surface area contributed by atoms with E-state index in [0.29, 0.717) is 19.3 Å². The summed E-state index contributed by atoms with van der Waals surface area (Å²) < 4.78 is 5.96. The summed E-state index contributed by atoms with van der Waals surface area (Å²) >= 11 is 0. The van der Waals surface area contributed by atoms with Crippen LogP contribution in [0.15, 0.2) is 36.5 Å². The molecular weight excluding hydrogens is 827 g/mol. The molecule has 0 aliphatic heterocycles. The van der Waals surface area contributed by atoms with E-state index in [0.717, 1.165) is 64.2 Å². The third-order valence-corrected chi connectivity index (χ3v) is 13.7. The van der Waals surface area contributed by atoms with Crippen molar-refractivity contribution in [2.45, 2.75) is 334 Å². The highest BCUT2D eigenvalue weighted by Crippen LogP contribution is 2.19. The number of hydrogen-bond donors (Lipinski definition) is 3. The van der Waals surface area contributed by atoms with Crippen LogP contribution >= 0.6 is 0 Å². The molecule has 0 aromatic rings. The lowest BCUT2D eigenvalue weighted by molar-refractivity contribution is -0.151. The SMILES string of the molecule is CCCCC/C=C\C/C=C\C/C=C\CCCCCCCCC(=O)OC(CCCCCCCCCCCCCC)CC(=O)NC(CO)C(O)CCCCCCCCCCCCCCCCCCC. The van der Waals surface area contributed by atoms with Gasteiger partial charge in [0.2, 0.25) is 5.91 Å². The molecule has 6 heteroatoms. The molecule has 6 nitrogen and oxygen atoms in total. The maximum Gasteiger partial charge on any atom is 0.306 e. The Morgan fingerprint density at radius 2 is 0.761 bits per heavy atom. The largest absolute Gasteiger partial charge is 0.462 e. The van der Waals surface area contributed by atoms with Gasteiger partial charge in [0.05, 0.1) is 25.2 Å². The van der Waals surface area contributed by atoms with E-state index >= 15 is 0 Å². The standard InChI is InChI=1S/C61H115NO5/c1-4-7-10-13-16-19-22-25-27-29-30-32-34-36-39-42-45-48-51-54-61(66)67-57(52-49-46-43-40-37-24-21-18-15-12-9-6-3)55-60(65)62-58(56-63)59(64)53-50-47-44-41-38-35-33-31-28-26-23-20-17-14-11-8-5-2/h16,19,25,27,30,32,57-59,63-64H,4-15,17-18,20-24,26,28-29,31,33-56H2,1-3H3,(H,62,65)/b19-16-,27-25-,32-30-. The maximum atomic E-state index is 13.3. The molecule has 0 aromatic heterocycles. The lowest BCUT2D eigenvalue weighted by atomic mass is 10.0. The fraction of sp³-hybridized carbons (Fsp3) is 0.869. The second-order valence-corrected chi connectivity index (χ2v) is 20.4. The van der Waals surface area contributed by atoms with Gasteiger partial charge in [-0.3, -0.25) is 9.59 Å². The molecule has 1 amide bonds. The van der Waals surface area contributed by atoms with E-state index in [1.165, 1.54) is 205 Å². The summed E-state index contributed by atoms with van der Waals surface area (Å²) in [5.41, 5.74) is 0. The average molecular weight is 943 g/mol. The normalized spacial score (nSPS) is 13.3. The quantitative estimate of drug-likeness (QED) is 0.0321. The van der Waals surface area contributed by atoms with Gasteiger partial charge in [-0.25, -0.2) is 0 Å². The molecule has 0 bridgehead atoms. The molecule has 67 heavy (non-hydrogen) atoms. The summed E-state index contributed by atoms with van der Waals surface area (Å²) in [6.07, 6.45) is 66.4. The van der Waals surface area contributed by atoms with Gasteiger partial charge in [0, 0.05) is 6.42 Å². The molecule has 0 saturated heterocycles. The van der Waals surface area contributed by atoms with Crippen molar-refractivity contribution in [3.05, 3.63) is 36.5 Å². The number of unbranched alkanes of at least 4 members (excludes halogenated alkanes) is 36. The number of carbonyl (C=O) groups excluding carboxylic acids is 2. The average Bonchev–Trinajstić information content (AvgIpc) is 3.32. The van der Waals surface area contributed by atoms with E-state index in [9.17, 15) is 19.8 Å². The lowest BCUT2D eigenvalue weighted by Gasteiger charge is -2.24. The fourth-order valence-electron chi connectivity index (χ4n) is 9.20. The van der Waals surface area contributed by atoms with E-state index in [1.807, 2.05) is 0 Å². The van der Waals surface area contributed by atoms with Crippen molar-refractivity contribution in [1.29, 1.82) is 0 Å². The maximum absolute atomic E-state index is 13.3. The van der Waals surface area contributed by atoms with E-state index in [4.69, 9.17) is 4.74 Å². The number of aliphatic hydroxyl groups excluding tert-OH is 2. The Bertz CT molecular complexity index is 1100. The van der Waals surface area contributed by atoms with Gasteiger partial charge in [-0.15, -0.1) is 0 Å². The summed E-state index contributed by atoms with van der Waals surface area (Å²) in [4.78, 5) is 26.3. The number of aliphatic hydroxyl groups is 2. The number of ether oxygens (including phenoxy) is 1. The Hall–Kier alpha value is -1.92. The van der Waals surface area contributed by atoms with E-state index in [2.05, 4.69) is 62.5 Å². The van der Waals surface area contributed by atoms with Crippen LogP contribution in [-0.2, 0) is 14.3 Å². The number of amides is 1. The van der Waals surface area contributed by atoms with Gasteiger partial charge in [-0.05, 0) is 64.2 Å². The number of hydrogen-bond acceptors (Lipinski definition) is 5. The first kappa shape index (κ1) is 65.1. The minimum atomic E-state index is -0.788. The highest BCUT2D eigenvalue weighted by molar-refractivity contribution is 5.77. The third-order valence-electron chi connectivity index (χ3n) is 13.7. The van der Waals surface area contributed by atoms with Crippen molar-refractivity contribution in [2.24, 2.45) is 0 Å². The number of rotatable bonds is 54. The number of nitrogens with one attached hydrogen (secondary N) is 1. The molecule has 0 aliphatic rings. The Kier molecular flexibility index (Phi) is 53.4. The van der Waals surface area contributed by atoms with Crippen molar-refractivity contribution in [3.8, 4) is 0 Å². The molecular formula is C61H115NO5. The predicted octanol–water partition coefficient (Wildman–Crippen LogP) is 18.4. The van der Waals surface area contributed by atoms with Crippen LogP contribution in [-0.4, -0.2) is 46.9 Å². The second kappa shape index (κ2) is 55.0. The Labute approximate surface area is 417 Å². The molecule has 3 atom stereocenters. The molecule has 0 aromatic carbocycles. The van der Waals surface area contributed by atoms with Gasteiger partial charge in [0.1, 0.15) is 6.10 Å². The molecule has 0 heterocycles. The van der Waals surface area contributed by atoms with Crippen LogP contribution in [0.3, 0.4) is 0 Å². The molecule has 0 rings (SSSR count). The smallest absolute Gasteiger partial charge is 0.306 e. The first-order valence-corrected chi connectivity index (χ1v) is 29.7. The highest BCUT2D eigenvalue weighted by Gasteiger charge is 2.24. The van der Waals surface area contributed by atoms with Crippen molar-refractivity contribution in [2.75, 3.05) is 6.61 Å². The molecule has 0 spiro atoms. The number of allylic oxidation sites excluding steroid dienone is 6. The number of esters is 1. The topological polar surface area (TPSA) is 95.9 Å². The van der Waals surface area contributed by atoms with E-state index in [-0.39, 0.29) is 24.9 Å². The van der Waals surface area contributed by atoms with Gasteiger partial charge < -0.3 is 20.3 Å². The monoisotopic (exact) mass is 942 g/mol. The van der Waals surface area contributed by atoms with Crippen LogP contribution in [0.25, 0.3) is 0 Å². The Morgan fingerprint density at radius 3 is 1.18 bits per heavy atom. The summed E-state index contributed by atoms with van der Waals surface area (Å²) in [7, 11) is 0. The van der Waals surface area contributed by atoms with E-state index < -0.39 is 18.2 Å². The van der Waals surface area contributed by atoms with Gasteiger partial charge in [0.15, 0.2) is 0 Å². The molecule has 0 saturated carbocycles. The summed E-state index contributed by atoms with van der Waals surface area (Å²) in [5.74, 6) is -0.471. The van der Waals surface area contributed by atoms with Crippen LogP contribution in [0.1, 0.15) is 316 Å². The van der Waals surface area contributed by atoms with E-state index in [1.54, 1.807) is 0 Å². The van der Waals surface area contributed by atoms with Gasteiger partial charge >= 0.3 is 5.97 Å². The van der Waals surface area contributed by atoms with Gasteiger partial charge in [0.25, 0.3) is 0 Å². The molecule has 394 valence electrons. The zero-order valence-electron chi connectivity index (χ0n) is 45.0. The molecule has 3 unspecified atom stereocenters. The second-order valence-electron chi connectivity index (χ2n) is 20.4. The Balaban J connectivity index is 4.47.